The van der Waals surface area contributed by atoms with Crippen LogP contribution in [0.2, 0.25) is 0 Å². The minimum Gasteiger partial charge on any atom is -0.389 e. The summed E-state index contributed by atoms with van der Waals surface area (Å²) >= 11 is 0. The second-order valence-corrected chi connectivity index (χ2v) is 5.65. The second-order valence-electron chi connectivity index (χ2n) is 5.65. The fraction of sp³-hybridized carbons (Fsp3) is 0.562. The standard InChI is InChI=1S/C16H25NO2/c1-5-17(12-16(3,4)19)15(18)11-10-14-9-7-6-8-13(14)2/h6-9,19H,5,10-12H2,1-4H3. The minimum atomic E-state index is -0.839. The summed E-state index contributed by atoms with van der Waals surface area (Å²) in [7, 11) is 0. The number of carbonyl (C=O) groups excluding carboxylic acids is 1. The summed E-state index contributed by atoms with van der Waals surface area (Å²) in [5.41, 5.74) is 1.60. The molecule has 0 saturated carbocycles. The molecule has 0 fully saturated rings. The van der Waals surface area contributed by atoms with Gasteiger partial charge in [0.15, 0.2) is 0 Å². The fourth-order valence-corrected chi connectivity index (χ4v) is 2.13. The van der Waals surface area contributed by atoms with Crippen LogP contribution in [-0.2, 0) is 11.2 Å². The van der Waals surface area contributed by atoms with Gasteiger partial charge in [-0.1, -0.05) is 24.3 Å². The first-order valence-electron chi connectivity index (χ1n) is 6.88. The van der Waals surface area contributed by atoms with Crippen molar-refractivity contribution < 1.29 is 9.90 Å². The van der Waals surface area contributed by atoms with Gasteiger partial charge in [-0.2, -0.15) is 0 Å². The Kier molecular flexibility index (Phi) is 5.55. The van der Waals surface area contributed by atoms with Gasteiger partial charge in [0.2, 0.25) is 5.91 Å². The van der Waals surface area contributed by atoms with E-state index in [-0.39, 0.29) is 5.91 Å². The summed E-state index contributed by atoms with van der Waals surface area (Å²) in [5, 5.41) is 9.80. The van der Waals surface area contributed by atoms with Crippen molar-refractivity contribution in [3.05, 3.63) is 35.4 Å². The lowest BCUT2D eigenvalue weighted by molar-refractivity contribution is -0.133. The van der Waals surface area contributed by atoms with Crippen LogP contribution in [0.5, 0.6) is 0 Å². The summed E-state index contributed by atoms with van der Waals surface area (Å²) in [6, 6.07) is 8.14. The highest BCUT2D eigenvalue weighted by Gasteiger charge is 2.20. The van der Waals surface area contributed by atoms with E-state index in [0.717, 1.165) is 6.42 Å². The summed E-state index contributed by atoms with van der Waals surface area (Å²) in [4.78, 5) is 13.9. The van der Waals surface area contributed by atoms with Crippen LogP contribution in [0, 0.1) is 6.92 Å². The zero-order valence-corrected chi connectivity index (χ0v) is 12.4. The molecule has 3 nitrogen and oxygen atoms in total. The van der Waals surface area contributed by atoms with Gasteiger partial charge in [-0.25, -0.2) is 0 Å². The number of amides is 1. The van der Waals surface area contributed by atoms with Crippen LogP contribution < -0.4 is 0 Å². The molecule has 0 aromatic heterocycles. The Morgan fingerprint density at radius 3 is 2.47 bits per heavy atom. The maximum Gasteiger partial charge on any atom is 0.222 e. The Balaban J connectivity index is 2.57. The first-order valence-corrected chi connectivity index (χ1v) is 6.88. The molecular formula is C16H25NO2. The van der Waals surface area contributed by atoms with E-state index in [0.29, 0.717) is 19.5 Å². The highest BCUT2D eigenvalue weighted by atomic mass is 16.3. The first kappa shape index (κ1) is 15.7. The third-order valence-corrected chi connectivity index (χ3v) is 3.18. The van der Waals surface area contributed by atoms with Crippen molar-refractivity contribution in [1.29, 1.82) is 0 Å². The molecule has 1 rings (SSSR count). The Labute approximate surface area is 116 Å². The van der Waals surface area contributed by atoms with Gasteiger partial charge in [-0.05, 0) is 45.2 Å². The van der Waals surface area contributed by atoms with Gasteiger partial charge in [-0.3, -0.25) is 4.79 Å². The SMILES string of the molecule is CCN(CC(C)(C)O)C(=O)CCc1ccccc1C. The molecule has 0 heterocycles. The Morgan fingerprint density at radius 2 is 1.95 bits per heavy atom. The van der Waals surface area contributed by atoms with Crippen molar-refractivity contribution in [3.63, 3.8) is 0 Å². The number of rotatable bonds is 6. The van der Waals surface area contributed by atoms with Crippen LogP contribution in [0.4, 0.5) is 0 Å². The number of likely N-dealkylation sites (N-methyl/N-ethyl adjacent to an activating group) is 1. The van der Waals surface area contributed by atoms with Gasteiger partial charge in [-0.15, -0.1) is 0 Å². The molecule has 1 aromatic carbocycles. The average Bonchev–Trinajstić information content (AvgIpc) is 2.33. The molecule has 0 aliphatic carbocycles. The highest BCUT2D eigenvalue weighted by molar-refractivity contribution is 5.76. The predicted molar refractivity (Wildman–Crippen MR) is 78.1 cm³/mol. The zero-order valence-electron chi connectivity index (χ0n) is 12.4. The van der Waals surface area contributed by atoms with E-state index in [9.17, 15) is 9.90 Å². The van der Waals surface area contributed by atoms with E-state index in [2.05, 4.69) is 19.1 Å². The summed E-state index contributed by atoms with van der Waals surface area (Å²) in [6.45, 7) is 8.48. The number of hydrogen-bond acceptors (Lipinski definition) is 2. The van der Waals surface area contributed by atoms with Crippen LogP contribution >= 0.6 is 0 Å². The lowest BCUT2D eigenvalue weighted by Gasteiger charge is -2.28. The summed E-state index contributed by atoms with van der Waals surface area (Å²) in [6.07, 6.45) is 1.25. The van der Waals surface area contributed by atoms with Gasteiger partial charge in [0.05, 0.1) is 5.60 Å². The molecule has 0 spiro atoms. The monoisotopic (exact) mass is 263 g/mol. The molecule has 0 atom stereocenters. The largest absolute Gasteiger partial charge is 0.389 e. The lowest BCUT2D eigenvalue weighted by atomic mass is 10.0. The van der Waals surface area contributed by atoms with Crippen LogP contribution in [-0.4, -0.2) is 34.6 Å². The molecule has 106 valence electrons. The van der Waals surface area contributed by atoms with Crippen LogP contribution in [0.15, 0.2) is 24.3 Å². The molecular weight excluding hydrogens is 238 g/mol. The van der Waals surface area contributed by atoms with Gasteiger partial charge in [0, 0.05) is 19.5 Å². The molecule has 19 heavy (non-hydrogen) atoms. The second kappa shape index (κ2) is 6.71. The molecule has 0 radical (unpaired) electrons. The zero-order chi connectivity index (χ0) is 14.5. The Bertz CT molecular complexity index is 421. The smallest absolute Gasteiger partial charge is 0.222 e. The molecule has 1 N–H and O–H groups in total. The molecule has 0 aliphatic rings. The molecule has 0 saturated heterocycles. The van der Waals surface area contributed by atoms with Crippen molar-refractivity contribution in [1.82, 2.24) is 4.90 Å². The Morgan fingerprint density at radius 1 is 1.32 bits per heavy atom. The van der Waals surface area contributed by atoms with Crippen molar-refractivity contribution in [3.8, 4) is 0 Å². The molecule has 0 unspecified atom stereocenters. The fourth-order valence-electron chi connectivity index (χ4n) is 2.13. The van der Waals surface area contributed by atoms with Crippen LogP contribution in [0.25, 0.3) is 0 Å². The normalized spacial score (nSPS) is 11.4. The molecule has 0 bridgehead atoms. The quantitative estimate of drug-likeness (QED) is 0.857. The molecule has 3 heteroatoms. The third kappa shape index (κ3) is 5.43. The van der Waals surface area contributed by atoms with Crippen molar-refractivity contribution >= 4 is 5.91 Å². The van der Waals surface area contributed by atoms with Crippen molar-refractivity contribution in [2.75, 3.05) is 13.1 Å². The molecule has 0 aliphatic heterocycles. The predicted octanol–water partition coefficient (Wildman–Crippen LogP) is 2.55. The van der Waals surface area contributed by atoms with E-state index in [4.69, 9.17) is 0 Å². The van der Waals surface area contributed by atoms with Crippen molar-refractivity contribution in [2.24, 2.45) is 0 Å². The first-order chi connectivity index (χ1) is 8.83. The van der Waals surface area contributed by atoms with Gasteiger partial charge in [0.25, 0.3) is 0 Å². The lowest BCUT2D eigenvalue weighted by Crippen LogP contribution is -2.42. The maximum atomic E-state index is 12.2. The van der Waals surface area contributed by atoms with Gasteiger partial charge in [0.1, 0.15) is 0 Å². The molecule has 1 aromatic rings. The molecule has 1 amide bonds. The van der Waals surface area contributed by atoms with Crippen LogP contribution in [0.3, 0.4) is 0 Å². The number of benzene rings is 1. The van der Waals surface area contributed by atoms with Crippen molar-refractivity contribution in [2.45, 2.75) is 46.1 Å². The Hall–Kier alpha value is -1.35. The number of hydrogen-bond donors (Lipinski definition) is 1. The topological polar surface area (TPSA) is 40.5 Å². The van der Waals surface area contributed by atoms with Crippen LogP contribution in [0.1, 0.15) is 38.3 Å². The number of aryl methyl sites for hydroxylation is 2. The number of carbonyl (C=O) groups is 1. The minimum absolute atomic E-state index is 0.105. The van der Waals surface area contributed by atoms with E-state index >= 15 is 0 Å². The van der Waals surface area contributed by atoms with E-state index in [1.807, 2.05) is 19.1 Å². The number of aliphatic hydroxyl groups is 1. The maximum absolute atomic E-state index is 12.2. The summed E-state index contributed by atoms with van der Waals surface area (Å²) < 4.78 is 0. The van der Waals surface area contributed by atoms with E-state index in [1.165, 1.54) is 11.1 Å². The van der Waals surface area contributed by atoms with Gasteiger partial charge < -0.3 is 10.0 Å². The van der Waals surface area contributed by atoms with E-state index < -0.39 is 5.60 Å². The third-order valence-electron chi connectivity index (χ3n) is 3.18. The van der Waals surface area contributed by atoms with E-state index in [1.54, 1.807) is 18.7 Å². The summed E-state index contributed by atoms with van der Waals surface area (Å²) in [5.74, 6) is 0.105. The highest BCUT2D eigenvalue weighted by Crippen LogP contribution is 2.12. The van der Waals surface area contributed by atoms with Gasteiger partial charge >= 0.3 is 0 Å². The average molecular weight is 263 g/mol. The number of nitrogens with zero attached hydrogens (tertiary/aromatic N) is 1.